The molecule has 0 heterocycles. The maximum atomic E-state index is 5.41. The van der Waals surface area contributed by atoms with Crippen LogP contribution in [0.1, 0.15) is 101 Å². The quantitative estimate of drug-likeness (QED) is 0.0300. The maximum Gasteiger partial charge on any atom is 0.123 e. The predicted molar refractivity (Wildman–Crippen MR) is 230 cm³/mol. The Bertz CT molecular complexity index is 972. The lowest BCUT2D eigenvalue weighted by Crippen LogP contribution is -2.22. The lowest BCUT2D eigenvalue weighted by molar-refractivity contribution is 0.407. The van der Waals surface area contributed by atoms with Crippen molar-refractivity contribution in [1.82, 2.24) is 31.9 Å². The number of ether oxygens (including phenoxy) is 2. The highest BCUT2D eigenvalue weighted by atomic mass is 33.1. The third-order valence-corrected chi connectivity index (χ3v) is 11.6. The number of unbranched alkanes of at least 4 members (excludes halogenated alkanes) is 10. The number of para-hydroxylation sites is 2. The molecule has 0 bridgehead atoms. The molecule has 2 aromatic rings. The van der Waals surface area contributed by atoms with E-state index in [1.54, 1.807) is 14.2 Å². The van der Waals surface area contributed by atoms with Gasteiger partial charge in [0, 0.05) is 48.8 Å². The van der Waals surface area contributed by atoms with Gasteiger partial charge in [-0.25, -0.2) is 0 Å². The Balaban J connectivity index is 1.15. The van der Waals surface area contributed by atoms with E-state index in [4.69, 9.17) is 9.47 Å². The molecule has 52 heavy (non-hydrogen) atoms. The van der Waals surface area contributed by atoms with E-state index in [1.165, 1.54) is 113 Å². The van der Waals surface area contributed by atoms with Gasteiger partial charge in [0.15, 0.2) is 0 Å². The minimum absolute atomic E-state index is 0.865. The summed E-state index contributed by atoms with van der Waals surface area (Å²) in [5.41, 5.74) is 2.45. The van der Waals surface area contributed by atoms with E-state index in [1.807, 2.05) is 45.9 Å². The maximum absolute atomic E-state index is 5.41. The van der Waals surface area contributed by atoms with Crippen LogP contribution in [-0.2, 0) is 13.1 Å². The van der Waals surface area contributed by atoms with Crippen molar-refractivity contribution in [3.05, 3.63) is 59.7 Å². The Morgan fingerprint density at radius 3 is 1.06 bits per heavy atom. The molecular weight excluding hydrogens is 685 g/mol. The Hall–Kier alpha value is -1.50. The average Bonchev–Trinajstić information content (AvgIpc) is 3.18. The lowest BCUT2D eigenvalue weighted by Gasteiger charge is -2.10. The number of nitrogens with one attached hydrogen (secondary N) is 6. The second kappa shape index (κ2) is 36.5. The van der Waals surface area contributed by atoms with Crippen molar-refractivity contribution in [3.8, 4) is 11.5 Å². The number of hydrogen-bond donors (Lipinski definition) is 6. The van der Waals surface area contributed by atoms with Crippen molar-refractivity contribution >= 4 is 21.6 Å². The summed E-state index contributed by atoms with van der Waals surface area (Å²) in [6.45, 7) is 12.9. The molecule has 0 saturated carbocycles. The van der Waals surface area contributed by atoms with E-state index >= 15 is 0 Å². The third kappa shape index (κ3) is 27.1. The molecule has 0 unspecified atom stereocenters. The molecule has 0 aliphatic carbocycles. The number of rotatable bonds is 39. The van der Waals surface area contributed by atoms with Gasteiger partial charge in [0.25, 0.3) is 0 Å². The fourth-order valence-electron chi connectivity index (χ4n) is 6.08. The van der Waals surface area contributed by atoms with Crippen molar-refractivity contribution in [1.29, 1.82) is 0 Å². The summed E-state index contributed by atoms with van der Waals surface area (Å²) in [5, 5.41) is 21.5. The Morgan fingerprint density at radius 1 is 0.365 bits per heavy atom. The summed E-state index contributed by atoms with van der Waals surface area (Å²) in [7, 11) is 7.50. The van der Waals surface area contributed by atoms with Crippen LogP contribution in [0.2, 0.25) is 0 Å². The van der Waals surface area contributed by atoms with Gasteiger partial charge in [-0.15, -0.1) is 0 Å². The van der Waals surface area contributed by atoms with Gasteiger partial charge >= 0.3 is 0 Å². The normalized spacial score (nSPS) is 11.3. The summed E-state index contributed by atoms with van der Waals surface area (Å²) < 4.78 is 10.8. The van der Waals surface area contributed by atoms with Gasteiger partial charge in [0.05, 0.1) is 14.2 Å². The molecule has 2 aromatic carbocycles. The molecule has 0 aliphatic heterocycles. The molecule has 8 nitrogen and oxygen atoms in total. The molecule has 0 aliphatic rings. The predicted octanol–water partition coefficient (Wildman–Crippen LogP) is 7.78. The summed E-state index contributed by atoms with van der Waals surface area (Å²) in [5.74, 6) is 4.33. The van der Waals surface area contributed by atoms with Crippen molar-refractivity contribution in [2.75, 3.05) is 91.2 Å². The van der Waals surface area contributed by atoms with Crippen LogP contribution >= 0.6 is 21.6 Å². The Kier molecular flexibility index (Phi) is 32.7. The van der Waals surface area contributed by atoms with Crippen LogP contribution in [0.4, 0.5) is 0 Å². The Labute approximate surface area is 327 Å². The smallest absolute Gasteiger partial charge is 0.123 e. The van der Waals surface area contributed by atoms with E-state index < -0.39 is 0 Å². The van der Waals surface area contributed by atoms with Crippen LogP contribution in [0.25, 0.3) is 0 Å². The number of hydrogen-bond acceptors (Lipinski definition) is 10. The molecule has 0 radical (unpaired) electrons. The first-order valence-electron chi connectivity index (χ1n) is 20.6. The second-order valence-corrected chi connectivity index (χ2v) is 16.3. The highest BCUT2D eigenvalue weighted by molar-refractivity contribution is 8.76. The van der Waals surface area contributed by atoms with Crippen molar-refractivity contribution < 1.29 is 9.47 Å². The van der Waals surface area contributed by atoms with Crippen LogP contribution in [0.3, 0.4) is 0 Å². The molecular formula is C42H76N6O2S2. The van der Waals surface area contributed by atoms with Gasteiger partial charge in [-0.2, -0.15) is 0 Å². The van der Waals surface area contributed by atoms with Crippen LogP contribution in [0.5, 0.6) is 11.5 Å². The standard InChI is InChI=1S/C42H76N6O2S2/c1-49-41-23-13-11-21-39(41)37-47-31-19-29-43-25-15-7-3-5-9-17-27-45-33-35-51-52-36-34-46-28-18-10-6-4-8-16-26-44-30-20-32-48-38-40-22-12-14-24-42(40)50-2/h11-14,21-24,43-48H,3-10,15-20,25-38H2,1-2H3. The van der Waals surface area contributed by atoms with Gasteiger partial charge in [-0.1, -0.05) is 109 Å². The van der Waals surface area contributed by atoms with Gasteiger partial charge in [0.2, 0.25) is 0 Å². The third-order valence-electron chi connectivity index (χ3n) is 9.15. The molecule has 298 valence electrons. The fraction of sp³-hybridized carbons (Fsp3) is 0.714. The monoisotopic (exact) mass is 761 g/mol. The molecule has 6 N–H and O–H groups in total. The molecule has 0 spiro atoms. The van der Waals surface area contributed by atoms with Crippen LogP contribution in [0.15, 0.2) is 48.5 Å². The second-order valence-electron chi connectivity index (χ2n) is 13.6. The highest BCUT2D eigenvalue weighted by Crippen LogP contribution is 2.19. The van der Waals surface area contributed by atoms with Crippen LogP contribution < -0.4 is 41.4 Å². The van der Waals surface area contributed by atoms with Gasteiger partial charge < -0.3 is 41.4 Å². The van der Waals surface area contributed by atoms with Gasteiger partial charge in [-0.05, 0) is 103 Å². The molecule has 2 rings (SSSR count). The van der Waals surface area contributed by atoms with E-state index in [2.05, 4.69) is 56.2 Å². The summed E-state index contributed by atoms with van der Waals surface area (Å²) in [4.78, 5) is 0. The highest BCUT2D eigenvalue weighted by Gasteiger charge is 2.02. The van der Waals surface area contributed by atoms with E-state index in [0.717, 1.165) is 89.8 Å². The fourth-order valence-corrected chi connectivity index (χ4v) is 7.98. The van der Waals surface area contributed by atoms with Crippen LogP contribution in [0, 0.1) is 0 Å². The minimum Gasteiger partial charge on any atom is -0.496 e. The summed E-state index contributed by atoms with van der Waals surface area (Å²) in [6.07, 6.45) is 18.4. The summed E-state index contributed by atoms with van der Waals surface area (Å²) in [6, 6.07) is 16.5. The molecule has 0 aromatic heterocycles. The number of benzene rings is 2. The van der Waals surface area contributed by atoms with E-state index in [-0.39, 0.29) is 0 Å². The van der Waals surface area contributed by atoms with Crippen molar-refractivity contribution in [3.63, 3.8) is 0 Å². The largest absolute Gasteiger partial charge is 0.496 e. The Morgan fingerprint density at radius 2 is 0.673 bits per heavy atom. The molecule has 0 amide bonds. The lowest BCUT2D eigenvalue weighted by atomic mass is 10.1. The topological polar surface area (TPSA) is 90.6 Å². The van der Waals surface area contributed by atoms with E-state index in [0.29, 0.717) is 0 Å². The zero-order valence-corrected chi connectivity index (χ0v) is 34.7. The zero-order chi connectivity index (χ0) is 36.8. The molecule has 10 heteroatoms. The SMILES string of the molecule is COc1ccccc1CNCCCNCCCCCCCCNCCSSCCNCCCCCCCCNCCCNCc1ccccc1OC. The van der Waals surface area contributed by atoms with Crippen molar-refractivity contribution in [2.24, 2.45) is 0 Å². The van der Waals surface area contributed by atoms with Gasteiger partial charge in [-0.3, -0.25) is 0 Å². The molecule has 0 fully saturated rings. The first-order chi connectivity index (χ1) is 25.8. The zero-order valence-electron chi connectivity index (χ0n) is 33.1. The first-order valence-corrected chi connectivity index (χ1v) is 23.1. The van der Waals surface area contributed by atoms with Crippen molar-refractivity contribution in [2.45, 2.75) is 103 Å². The molecule has 0 saturated heterocycles. The summed E-state index contributed by atoms with van der Waals surface area (Å²) >= 11 is 0. The van der Waals surface area contributed by atoms with Gasteiger partial charge in [0.1, 0.15) is 11.5 Å². The first kappa shape index (κ1) is 46.7. The number of methoxy groups -OCH3 is 2. The average molecular weight is 761 g/mol. The minimum atomic E-state index is 0.865. The molecule has 0 atom stereocenters. The van der Waals surface area contributed by atoms with E-state index in [9.17, 15) is 0 Å². The van der Waals surface area contributed by atoms with Crippen LogP contribution in [-0.4, -0.2) is 91.2 Å².